The predicted octanol–water partition coefficient (Wildman–Crippen LogP) is 9.59. The number of hydrogen-bond acceptors (Lipinski definition) is 4. The maximum Gasteiger partial charge on any atom is 0.164 e. The maximum atomic E-state index is 9.13. The normalized spacial score (nSPS) is 15.9. The first-order valence-corrected chi connectivity index (χ1v) is 12.6. The molecule has 2 heterocycles. The topological polar surface area (TPSA) is 51.8 Å². The van der Waals surface area contributed by atoms with Crippen molar-refractivity contribution in [3.8, 4) is 45.3 Å². The molecule has 0 bridgehead atoms. The summed E-state index contributed by atoms with van der Waals surface area (Å²) in [6.45, 7) is 0. The fourth-order valence-corrected chi connectivity index (χ4v) is 4.77. The Morgan fingerprint density at radius 3 is 1.76 bits per heavy atom. The quantitative estimate of drug-likeness (QED) is 0.224. The van der Waals surface area contributed by atoms with Gasteiger partial charge in [0.25, 0.3) is 0 Å². The maximum absolute atomic E-state index is 9.13. The van der Waals surface area contributed by atoms with E-state index in [1.807, 2.05) is 0 Å². The van der Waals surface area contributed by atoms with Crippen molar-refractivity contribution in [3.63, 3.8) is 0 Å². The van der Waals surface area contributed by atoms with Crippen molar-refractivity contribution in [3.05, 3.63) is 139 Å². The number of hydrogen-bond donors (Lipinski definition) is 0. The molecule has 0 unspecified atom stereocenters. The summed E-state index contributed by atoms with van der Waals surface area (Å²) in [4.78, 5) is 14.0. The van der Waals surface area contributed by atoms with Crippen LogP contribution in [-0.4, -0.2) is 15.0 Å². The van der Waals surface area contributed by atoms with E-state index < -0.39 is 72.5 Å². The van der Waals surface area contributed by atoms with Gasteiger partial charge in [-0.2, -0.15) is 0 Å². The SMILES string of the molecule is [2H]c1c([2H])c([2H])c2c(oc3c([2H])c([2H])c([2H])c(-c4nc(-c5ccccc5)nc(-c5c([2H])c([2H])c([2H])c6c(-c7ccccc7)c([2H])c([2H])c([2H])c56)n4)c32)c1[2H]. The van der Waals surface area contributed by atoms with Gasteiger partial charge in [-0.1, -0.05) is 127 Å². The van der Waals surface area contributed by atoms with Gasteiger partial charge in [-0.15, -0.1) is 0 Å². The Morgan fingerprint density at radius 1 is 0.439 bits per heavy atom. The molecule has 8 rings (SSSR count). The van der Waals surface area contributed by atoms with Crippen LogP contribution in [0.25, 0.3) is 78.0 Å². The lowest BCUT2D eigenvalue weighted by Crippen LogP contribution is -2.01. The summed E-state index contributed by atoms with van der Waals surface area (Å²) in [6.07, 6.45) is 0. The summed E-state index contributed by atoms with van der Waals surface area (Å²) in [7, 11) is 0. The standard InChI is InChI=1S/C37H23N3O/c1-3-12-24(13-4-1)26-17-9-19-28-27(26)18-10-20-29(28)36-38-35(25-14-5-2-6-15-25)39-37(40-36)31-21-11-23-33-34(31)30-16-7-8-22-32(30)41-33/h1-23H/i7D,8D,9D,10D,11D,16D,17D,18D,19D,20D,21D,22D,23D. The lowest BCUT2D eigenvalue weighted by molar-refractivity contribution is 0.669. The Labute approximate surface area is 254 Å². The first kappa shape index (κ1) is 13.6. The zero-order valence-corrected chi connectivity index (χ0v) is 21.0. The minimum atomic E-state index is -0.614. The summed E-state index contributed by atoms with van der Waals surface area (Å²) in [6, 6.07) is 10.1. The molecule has 0 atom stereocenters. The molecule has 8 aromatic rings. The molecule has 0 fully saturated rings. The van der Waals surface area contributed by atoms with Crippen molar-refractivity contribution in [1.29, 1.82) is 0 Å². The molecule has 0 saturated carbocycles. The zero-order chi connectivity index (χ0) is 38.5. The molecule has 2 aromatic heterocycles. The average Bonchev–Trinajstić information content (AvgIpc) is 3.58. The third-order valence-electron chi connectivity index (χ3n) is 6.62. The highest BCUT2D eigenvalue weighted by molar-refractivity contribution is 6.12. The Morgan fingerprint density at radius 2 is 0.976 bits per heavy atom. The number of aromatic nitrogens is 3. The third-order valence-corrected chi connectivity index (χ3v) is 6.62. The summed E-state index contributed by atoms with van der Waals surface area (Å²) in [5, 5.41) is -0.479. The van der Waals surface area contributed by atoms with Crippen molar-refractivity contribution in [2.24, 2.45) is 0 Å². The molecule has 0 aliphatic rings. The fraction of sp³-hybridized carbons (Fsp3) is 0. The van der Waals surface area contributed by atoms with E-state index in [0.717, 1.165) is 0 Å². The van der Waals surface area contributed by atoms with Crippen LogP contribution in [0.4, 0.5) is 0 Å². The van der Waals surface area contributed by atoms with Gasteiger partial charge in [0, 0.05) is 27.5 Å². The van der Waals surface area contributed by atoms with Crippen LogP contribution in [0, 0.1) is 0 Å². The Hall–Kier alpha value is -5.61. The van der Waals surface area contributed by atoms with E-state index in [-0.39, 0.29) is 72.9 Å². The van der Waals surface area contributed by atoms with Crippen LogP contribution in [0.3, 0.4) is 0 Å². The molecule has 0 radical (unpaired) electrons. The van der Waals surface area contributed by atoms with Gasteiger partial charge in [0.15, 0.2) is 17.5 Å². The van der Waals surface area contributed by atoms with Gasteiger partial charge < -0.3 is 4.42 Å². The monoisotopic (exact) mass is 538 g/mol. The second kappa shape index (κ2) is 9.54. The van der Waals surface area contributed by atoms with Gasteiger partial charge in [0.2, 0.25) is 0 Å². The first-order valence-electron chi connectivity index (χ1n) is 19.1. The molecule has 0 amide bonds. The zero-order valence-electron chi connectivity index (χ0n) is 34.0. The van der Waals surface area contributed by atoms with Gasteiger partial charge in [0.1, 0.15) is 11.2 Å². The van der Waals surface area contributed by atoms with Crippen molar-refractivity contribution in [2.45, 2.75) is 0 Å². The minimum Gasteiger partial charge on any atom is -0.456 e. The molecular weight excluding hydrogens is 502 g/mol. The van der Waals surface area contributed by atoms with Crippen molar-refractivity contribution in [2.75, 3.05) is 0 Å². The number of furan rings is 1. The number of fused-ring (bicyclic) bond motifs is 4. The second-order valence-electron chi connectivity index (χ2n) is 9.05. The van der Waals surface area contributed by atoms with Gasteiger partial charge in [0.05, 0.1) is 17.8 Å². The second-order valence-corrected chi connectivity index (χ2v) is 9.05. The van der Waals surface area contributed by atoms with Gasteiger partial charge in [-0.05, 0) is 34.0 Å². The minimum absolute atomic E-state index is 0.0219. The van der Waals surface area contributed by atoms with Crippen molar-refractivity contribution >= 4 is 32.7 Å². The molecule has 0 aliphatic heterocycles. The molecule has 0 N–H and O–H groups in total. The first-order chi connectivity index (χ1) is 25.7. The number of benzene rings is 6. The Bertz CT molecular complexity index is 2920. The van der Waals surface area contributed by atoms with E-state index in [9.17, 15) is 0 Å². The predicted molar refractivity (Wildman–Crippen MR) is 166 cm³/mol. The highest BCUT2D eigenvalue weighted by Crippen LogP contribution is 2.38. The van der Waals surface area contributed by atoms with Crippen LogP contribution in [-0.2, 0) is 0 Å². The van der Waals surface area contributed by atoms with E-state index in [1.165, 1.54) is 0 Å². The van der Waals surface area contributed by atoms with E-state index in [2.05, 4.69) is 15.0 Å². The highest BCUT2D eigenvalue weighted by atomic mass is 16.3. The molecule has 41 heavy (non-hydrogen) atoms. The van der Waals surface area contributed by atoms with Crippen LogP contribution in [0.2, 0.25) is 0 Å². The summed E-state index contributed by atoms with van der Waals surface area (Å²) in [5.74, 6) is -0.647. The van der Waals surface area contributed by atoms with Gasteiger partial charge >= 0.3 is 0 Å². The summed E-state index contributed by atoms with van der Waals surface area (Å²) < 4.78 is 120. The Balaban J connectivity index is 1.58. The molecule has 0 spiro atoms. The lowest BCUT2D eigenvalue weighted by Gasteiger charge is -2.12. The molecule has 0 saturated heterocycles. The molecular formula is C37H23N3O. The molecule has 4 nitrogen and oxygen atoms in total. The van der Waals surface area contributed by atoms with Crippen LogP contribution in [0.15, 0.2) is 144 Å². The highest BCUT2D eigenvalue weighted by Gasteiger charge is 2.18. The van der Waals surface area contributed by atoms with Crippen molar-refractivity contribution in [1.82, 2.24) is 15.0 Å². The lowest BCUT2D eigenvalue weighted by atomic mass is 9.95. The van der Waals surface area contributed by atoms with Gasteiger partial charge in [-0.3, -0.25) is 0 Å². The van der Waals surface area contributed by atoms with Crippen LogP contribution in [0.1, 0.15) is 17.8 Å². The largest absolute Gasteiger partial charge is 0.456 e. The van der Waals surface area contributed by atoms with E-state index in [1.54, 1.807) is 60.7 Å². The molecule has 0 aliphatic carbocycles. The van der Waals surface area contributed by atoms with E-state index in [0.29, 0.717) is 11.1 Å². The fourth-order valence-electron chi connectivity index (χ4n) is 4.77. The smallest absolute Gasteiger partial charge is 0.164 e. The van der Waals surface area contributed by atoms with Crippen molar-refractivity contribution < 1.29 is 22.2 Å². The van der Waals surface area contributed by atoms with E-state index >= 15 is 0 Å². The van der Waals surface area contributed by atoms with Crippen LogP contribution in [0.5, 0.6) is 0 Å². The van der Waals surface area contributed by atoms with Crippen LogP contribution >= 0.6 is 0 Å². The summed E-state index contributed by atoms with van der Waals surface area (Å²) >= 11 is 0. The third kappa shape index (κ3) is 3.97. The van der Waals surface area contributed by atoms with E-state index in [4.69, 9.17) is 22.2 Å². The Kier molecular flexibility index (Phi) is 3.17. The number of para-hydroxylation sites is 1. The molecule has 192 valence electrons. The number of rotatable bonds is 4. The number of nitrogens with zero attached hydrogens (tertiary/aromatic N) is 3. The van der Waals surface area contributed by atoms with Gasteiger partial charge in [-0.25, -0.2) is 15.0 Å². The molecule has 4 heteroatoms. The average molecular weight is 539 g/mol. The van der Waals surface area contributed by atoms with Crippen LogP contribution < -0.4 is 0 Å². The summed E-state index contributed by atoms with van der Waals surface area (Å²) in [5.41, 5.74) is -0.112. The molecule has 6 aromatic carbocycles.